The van der Waals surface area contributed by atoms with Crippen LogP contribution in [0.2, 0.25) is 0 Å². The quantitative estimate of drug-likeness (QED) is 0.809. The van der Waals surface area contributed by atoms with Crippen LogP contribution in [0.25, 0.3) is 0 Å². The first kappa shape index (κ1) is 13.9. The van der Waals surface area contributed by atoms with Crippen molar-refractivity contribution in [1.29, 1.82) is 0 Å². The number of hydrogen-bond donors (Lipinski definition) is 1. The fraction of sp³-hybridized carbons (Fsp3) is 0.647. The van der Waals surface area contributed by atoms with Gasteiger partial charge in [-0.3, -0.25) is 0 Å². The van der Waals surface area contributed by atoms with Crippen molar-refractivity contribution >= 4 is 0 Å². The van der Waals surface area contributed by atoms with Crippen molar-refractivity contribution in [1.82, 2.24) is 5.32 Å². The van der Waals surface area contributed by atoms with Gasteiger partial charge >= 0.3 is 0 Å². The van der Waals surface area contributed by atoms with E-state index in [4.69, 9.17) is 9.47 Å². The molecule has 3 heteroatoms. The standard InChI is InChI=1S/C17H25NO2/c1-13-4-2-5-15-16(6-3-10-20-17(13)15)18-9-11-19-12-14-7-8-14/h2,4-5,14,16,18H,3,6-12H2,1H3. The largest absolute Gasteiger partial charge is 0.493 e. The monoisotopic (exact) mass is 275 g/mol. The Hall–Kier alpha value is -1.06. The molecule has 1 unspecified atom stereocenters. The number of aryl methyl sites for hydroxylation is 1. The number of fused-ring (bicyclic) bond motifs is 1. The predicted octanol–water partition coefficient (Wildman–Crippen LogP) is 3.22. The van der Waals surface area contributed by atoms with E-state index >= 15 is 0 Å². The molecule has 1 saturated carbocycles. The van der Waals surface area contributed by atoms with Crippen molar-refractivity contribution < 1.29 is 9.47 Å². The molecule has 1 aromatic carbocycles. The summed E-state index contributed by atoms with van der Waals surface area (Å²) in [7, 11) is 0. The summed E-state index contributed by atoms with van der Waals surface area (Å²) in [6, 6.07) is 6.84. The van der Waals surface area contributed by atoms with Gasteiger partial charge in [0, 0.05) is 24.8 Å². The molecule has 0 spiro atoms. The number of benzene rings is 1. The number of ether oxygens (including phenoxy) is 2. The molecule has 1 atom stereocenters. The molecule has 1 N–H and O–H groups in total. The van der Waals surface area contributed by atoms with Crippen LogP contribution >= 0.6 is 0 Å². The van der Waals surface area contributed by atoms with E-state index in [9.17, 15) is 0 Å². The highest BCUT2D eigenvalue weighted by Gasteiger charge is 2.22. The van der Waals surface area contributed by atoms with Gasteiger partial charge in [-0.25, -0.2) is 0 Å². The van der Waals surface area contributed by atoms with Crippen molar-refractivity contribution in [2.24, 2.45) is 5.92 Å². The second-order valence-electron chi connectivity index (χ2n) is 6.01. The van der Waals surface area contributed by atoms with Gasteiger partial charge in [-0.2, -0.15) is 0 Å². The molecule has 1 aliphatic carbocycles. The van der Waals surface area contributed by atoms with E-state index in [-0.39, 0.29) is 0 Å². The molecule has 0 saturated heterocycles. The van der Waals surface area contributed by atoms with Crippen LogP contribution in [0, 0.1) is 12.8 Å². The smallest absolute Gasteiger partial charge is 0.126 e. The highest BCUT2D eigenvalue weighted by molar-refractivity contribution is 5.43. The van der Waals surface area contributed by atoms with Crippen LogP contribution in [0.1, 0.15) is 42.9 Å². The fourth-order valence-electron chi connectivity index (χ4n) is 2.82. The Morgan fingerprint density at radius 1 is 1.30 bits per heavy atom. The van der Waals surface area contributed by atoms with Gasteiger partial charge in [0.15, 0.2) is 0 Å². The molecule has 2 aliphatic rings. The van der Waals surface area contributed by atoms with Gasteiger partial charge < -0.3 is 14.8 Å². The summed E-state index contributed by atoms with van der Waals surface area (Å²) in [4.78, 5) is 0. The lowest BCUT2D eigenvalue weighted by Crippen LogP contribution is -2.25. The summed E-state index contributed by atoms with van der Waals surface area (Å²) >= 11 is 0. The fourth-order valence-corrected chi connectivity index (χ4v) is 2.82. The van der Waals surface area contributed by atoms with Gasteiger partial charge in [0.2, 0.25) is 0 Å². The lowest BCUT2D eigenvalue weighted by atomic mass is 10.00. The molecule has 110 valence electrons. The lowest BCUT2D eigenvalue weighted by molar-refractivity contribution is 0.124. The third-order valence-electron chi connectivity index (χ3n) is 4.19. The van der Waals surface area contributed by atoms with Crippen LogP contribution in [-0.2, 0) is 4.74 Å². The summed E-state index contributed by atoms with van der Waals surface area (Å²) in [6.07, 6.45) is 4.97. The number of para-hydroxylation sites is 1. The zero-order chi connectivity index (χ0) is 13.8. The normalized spacial score (nSPS) is 21.9. The molecular weight excluding hydrogens is 250 g/mol. The highest BCUT2D eigenvalue weighted by Crippen LogP contribution is 2.33. The molecule has 1 aliphatic heterocycles. The minimum Gasteiger partial charge on any atom is -0.493 e. The van der Waals surface area contributed by atoms with Gasteiger partial charge in [0.05, 0.1) is 13.2 Å². The van der Waals surface area contributed by atoms with E-state index in [0.717, 1.165) is 50.9 Å². The van der Waals surface area contributed by atoms with Crippen molar-refractivity contribution in [3.05, 3.63) is 29.3 Å². The molecule has 1 fully saturated rings. The molecule has 0 bridgehead atoms. The molecule has 3 nitrogen and oxygen atoms in total. The molecule has 3 rings (SSSR count). The topological polar surface area (TPSA) is 30.5 Å². The SMILES string of the molecule is Cc1cccc2c1OCCCC2NCCOCC1CC1. The van der Waals surface area contributed by atoms with Crippen LogP contribution in [0.5, 0.6) is 5.75 Å². The molecule has 20 heavy (non-hydrogen) atoms. The zero-order valence-corrected chi connectivity index (χ0v) is 12.4. The Bertz CT molecular complexity index is 443. The second-order valence-corrected chi connectivity index (χ2v) is 6.01. The van der Waals surface area contributed by atoms with Crippen LogP contribution in [0.4, 0.5) is 0 Å². The van der Waals surface area contributed by atoms with Crippen LogP contribution in [-0.4, -0.2) is 26.4 Å². The van der Waals surface area contributed by atoms with Crippen LogP contribution in [0.3, 0.4) is 0 Å². The number of hydrogen-bond acceptors (Lipinski definition) is 3. The molecular formula is C17H25NO2. The van der Waals surface area contributed by atoms with Gasteiger partial charge in [-0.15, -0.1) is 0 Å². The van der Waals surface area contributed by atoms with E-state index in [1.54, 1.807) is 0 Å². The van der Waals surface area contributed by atoms with Crippen molar-refractivity contribution in [3.63, 3.8) is 0 Å². The summed E-state index contributed by atoms with van der Waals surface area (Å²) in [5.74, 6) is 1.94. The van der Waals surface area contributed by atoms with Crippen molar-refractivity contribution in [3.8, 4) is 5.75 Å². The zero-order valence-electron chi connectivity index (χ0n) is 12.4. The van der Waals surface area contributed by atoms with Crippen molar-refractivity contribution in [2.75, 3.05) is 26.4 Å². The summed E-state index contributed by atoms with van der Waals surface area (Å²) < 4.78 is 11.6. The van der Waals surface area contributed by atoms with E-state index < -0.39 is 0 Å². The lowest BCUT2D eigenvalue weighted by Gasteiger charge is -2.19. The van der Waals surface area contributed by atoms with E-state index in [0.29, 0.717) is 6.04 Å². The Morgan fingerprint density at radius 3 is 3.05 bits per heavy atom. The van der Waals surface area contributed by atoms with Gasteiger partial charge in [-0.1, -0.05) is 18.2 Å². The third kappa shape index (κ3) is 3.53. The maximum Gasteiger partial charge on any atom is 0.126 e. The second kappa shape index (κ2) is 6.59. The van der Waals surface area contributed by atoms with Gasteiger partial charge in [0.25, 0.3) is 0 Å². The van der Waals surface area contributed by atoms with Gasteiger partial charge in [-0.05, 0) is 44.1 Å². The van der Waals surface area contributed by atoms with Crippen LogP contribution < -0.4 is 10.1 Å². The Balaban J connectivity index is 1.54. The number of nitrogens with one attached hydrogen (secondary N) is 1. The Kier molecular flexibility index (Phi) is 4.58. The molecule has 1 aromatic rings. The Labute approximate surface area is 121 Å². The van der Waals surface area contributed by atoms with Gasteiger partial charge in [0.1, 0.15) is 5.75 Å². The minimum atomic E-state index is 0.400. The first-order chi connectivity index (χ1) is 9.84. The van der Waals surface area contributed by atoms with E-state index in [1.165, 1.54) is 24.0 Å². The summed E-state index contributed by atoms with van der Waals surface area (Å²) in [5, 5.41) is 3.63. The summed E-state index contributed by atoms with van der Waals surface area (Å²) in [6.45, 7) is 5.64. The maximum atomic E-state index is 5.91. The highest BCUT2D eigenvalue weighted by atomic mass is 16.5. The van der Waals surface area contributed by atoms with Crippen LogP contribution in [0.15, 0.2) is 18.2 Å². The predicted molar refractivity (Wildman–Crippen MR) is 80.2 cm³/mol. The molecule has 0 radical (unpaired) electrons. The average molecular weight is 275 g/mol. The van der Waals surface area contributed by atoms with E-state index in [2.05, 4.69) is 30.4 Å². The number of rotatable bonds is 6. The first-order valence-electron chi connectivity index (χ1n) is 7.88. The summed E-state index contributed by atoms with van der Waals surface area (Å²) in [5.41, 5.74) is 2.55. The Morgan fingerprint density at radius 2 is 2.20 bits per heavy atom. The van der Waals surface area contributed by atoms with Crippen molar-refractivity contribution in [2.45, 2.75) is 38.6 Å². The first-order valence-corrected chi connectivity index (χ1v) is 7.88. The average Bonchev–Trinajstić information content (AvgIpc) is 3.26. The molecule has 1 heterocycles. The molecule has 0 amide bonds. The van der Waals surface area contributed by atoms with E-state index in [1.807, 2.05) is 0 Å². The third-order valence-corrected chi connectivity index (χ3v) is 4.19. The minimum absolute atomic E-state index is 0.400. The maximum absolute atomic E-state index is 5.91. The molecule has 0 aromatic heterocycles.